The highest BCUT2D eigenvalue weighted by Gasteiger charge is 2.24. The van der Waals surface area contributed by atoms with Crippen molar-refractivity contribution in [3.05, 3.63) is 29.8 Å². The molecule has 1 fully saturated rings. The second-order valence-corrected chi connectivity index (χ2v) is 3.65. The van der Waals surface area contributed by atoms with Crippen LogP contribution in [-0.4, -0.2) is 18.6 Å². The number of nitrogens with one attached hydrogen (secondary N) is 1. The number of rotatable bonds is 2. The minimum absolute atomic E-state index is 0.0256. The fraction of sp³-hybridized carbons (Fsp3) is 0.364. The molecule has 3 nitrogen and oxygen atoms in total. The predicted octanol–water partition coefficient (Wildman–Crippen LogP) is 1.62. The summed E-state index contributed by atoms with van der Waals surface area (Å²) in [6.45, 7) is 0.775. The van der Waals surface area contributed by atoms with Crippen molar-refractivity contribution in [1.29, 1.82) is 0 Å². The largest absolute Gasteiger partial charge is 0.425 e. The Bertz CT molecular complexity index is 403. The minimum Gasteiger partial charge on any atom is -0.425 e. The van der Waals surface area contributed by atoms with E-state index in [1.807, 2.05) is 0 Å². The Balaban J connectivity index is 2.02. The summed E-state index contributed by atoms with van der Waals surface area (Å²) in [4.78, 5) is 11.5. The van der Waals surface area contributed by atoms with Crippen molar-refractivity contribution < 1.29 is 18.3 Å². The number of carbonyl (C=O) groups excluding carboxylic acids is 1. The van der Waals surface area contributed by atoms with Gasteiger partial charge in [0.1, 0.15) is 11.8 Å². The molecule has 2 rings (SSSR count). The highest BCUT2D eigenvalue weighted by Crippen LogP contribution is 2.17. The highest BCUT2D eigenvalue weighted by atomic mass is 19.2. The van der Waals surface area contributed by atoms with E-state index in [0.717, 1.165) is 25.1 Å². The Morgan fingerprint density at radius 1 is 1.38 bits per heavy atom. The molecule has 1 aliphatic rings. The van der Waals surface area contributed by atoms with Gasteiger partial charge in [-0.25, -0.2) is 13.6 Å². The molecule has 0 spiro atoms. The van der Waals surface area contributed by atoms with Crippen molar-refractivity contribution in [2.75, 3.05) is 6.54 Å². The van der Waals surface area contributed by atoms with Crippen LogP contribution in [0.2, 0.25) is 0 Å². The molecule has 16 heavy (non-hydrogen) atoms. The smallest absolute Gasteiger partial charge is 0.328 e. The van der Waals surface area contributed by atoms with Crippen LogP contribution in [0.15, 0.2) is 18.2 Å². The Morgan fingerprint density at radius 3 is 2.81 bits per heavy atom. The van der Waals surface area contributed by atoms with Gasteiger partial charge in [-0.3, -0.25) is 0 Å². The molecule has 0 aliphatic carbocycles. The summed E-state index contributed by atoms with van der Waals surface area (Å²) < 4.78 is 30.4. The van der Waals surface area contributed by atoms with E-state index in [9.17, 15) is 13.6 Å². The van der Waals surface area contributed by atoms with Crippen molar-refractivity contribution >= 4 is 5.97 Å². The van der Waals surface area contributed by atoms with E-state index in [1.165, 1.54) is 6.07 Å². The van der Waals surface area contributed by atoms with E-state index in [-0.39, 0.29) is 11.8 Å². The summed E-state index contributed by atoms with van der Waals surface area (Å²) in [5, 5.41) is 2.96. The molecule has 0 bridgehead atoms. The lowest BCUT2D eigenvalue weighted by atomic mass is 10.2. The fourth-order valence-electron chi connectivity index (χ4n) is 1.61. The maximum atomic E-state index is 12.8. The molecule has 86 valence electrons. The van der Waals surface area contributed by atoms with Gasteiger partial charge in [0.05, 0.1) is 0 Å². The summed E-state index contributed by atoms with van der Waals surface area (Å²) in [6.07, 6.45) is 1.63. The Kier molecular flexibility index (Phi) is 3.14. The molecule has 0 radical (unpaired) electrons. The predicted molar refractivity (Wildman–Crippen MR) is 53.0 cm³/mol. The van der Waals surface area contributed by atoms with E-state index in [4.69, 9.17) is 4.74 Å². The molecule has 1 aliphatic heterocycles. The first-order valence-corrected chi connectivity index (χ1v) is 5.07. The maximum Gasteiger partial charge on any atom is 0.328 e. The standard InChI is InChI=1S/C11H11F2NO2/c12-8-4-3-7(6-9(8)13)16-11(15)10-2-1-5-14-10/h3-4,6,10,14H,1-2,5H2. The Labute approximate surface area is 91.4 Å². The molecule has 0 amide bonds. The quantitative estimate of drug-likeness (QED) is 0.616. The van der Waals surface area contributed by atoms with Gasteiger partial charge in [-0.05, 0) is 31.5 Å². The summed E-state index contributed by atoms with van der Waals surface area (Å²) >= 11 is 0. The average Bonchev–Trinajstić information content (AvgIpc) is 2.77. The van der Waals surface area contributed by atoms with Crippen molar-refractivity contribution in [1.82, 2.24) is 5.32 Å². The summed E-state index contributed by atoms with van der Waals surface area (Å²) in [5.74, 6) is -2.41. The summed E-state index contributed by atoms with van der Waals surface area (Å²) in [6, 6.07) is 2.68. The van der Waals surface area contributed by atoms with Crippen LogP contribution in [0.5, 0.6) is 5.75 Å². The molecule has 1 aromatic rings. The molecule has 1 atom stereocenters. The van der Waals surface area contributed by atoms with Gasteiger partial charge < -0.3 is 10.1 Å². The number of hydrogen-bond donors (Lipinski definition) is 1. The Morgan fingerprint density at radius 2 is 2.19 bits per heavy atom. The van der Waals surface area contributed by atoms with Crippen LogP contribution < -0.4 is 10.1 Å². The lowest BCUT2D eigenvalue weighted by molar-refractivity contribution is -0.136. The molecule has 1 heterocycles. The van der Waals surface area contributed by atoms with E-state index in [0.29, 0.717) is 6.42 Å². The van der Waals surface area contributed by atoms with Crippen molar-refractivity contribution in [2.45, 2.75) is 18.9 Å². The van der Waals surface area contributed by atoms with Crippen LogP contribution in [0.1, 0.15) is 12.8 Å². The van der Waals surface area contributed by atoms with Crippen LogP contribution in [0.4, 0.5) is 8.78 Å². The highest BCUT2D eigenvalue weighted by molar-refractivity contribution is 5.78. The summed E-state index contributed by atoms with van der Waals surface area (Å²) in [5.41, 5.74) is 0. The van der Waals surface area contributed by atoms with Gasteiger partial charge in [-0.2, -0.15) is 0 Å². The first-order chi connectivity index (χ1) is 7.66. The van der Waals surface area contributed by atoms with E-state index in [2.05, 4.69) is 5.32 Å². The normalized spacial score (nSPS) is 19.8. The molecule has 1 N–H and O–H groups in total. The first-order valence-electron chi connectivity index (χ1n) is 5.07. The first kappa shape index (κ1) is 11.0. The van der Waals surface area contributed by atoms with Crippen molar-refractivity contribution in [3.63, 3.8) is 0 Å². The van der Waals surface area contributed by atoms with Gasteiger partial charge in [0.25, 0.3) is 0 Å². The number of ether oxygens (including phenoxy) is 1. The topological polar surface area (TPSA) is 38.3 Å². The van der Waals surface area contributed by atoms with Crippen LogP contribution in [0.3, 0.4) is 0 Å². The number of hydrogen-bond acceptors (Lipinski definition) is 3. The zero-order valence-electron chi connectivity index (χ0n) is 8.50. The van der Waals surface area contributed by atoms with Gasteiger partial charge in [0.15, 0.2) is 11.6 Å². The number of halogens is 2. The molecule has 1 aromatic carbocycles. The SMILES string of the molecule is O=C(Oc1ccc(F)c(F)c1)C1CCCN1. The van der Waals surface area contributed by atoms with Crippen LogP contribution in [-0.2, 0) is 4.79 Å². The fourth-order valence-corrected chi connectivity index (χ4v) is 1.61. The molecular weight excluding hydrogens is 216 g/mol. The second-order valence-electron chi connectivity index (χ2n) is 3.65. The zero-order valence-corrected chi connectivity index (χ0v) is 8.50. The lowest BCUT2D eigenvalue weighted by Crippen LogP contribution is -2.34. The van der Waals surface area contributed by atoms with Gasteiger partial charge in [0, 0.05) is 6.07 Å². The summed E-state index contributed by atoms with van der Waals surface area (Å²) in [7, 11) is 0. The van der Waals surface area contributed by atoms with Gasteiger partial charge in [0.2, 0.25) is 0 Å². The maximum absolute atomic E-state index is 12.8. The minimum atomic E-state index is -1.02. The second kappa shape index (κ2) is 4.57. The third kappa shape index (κ3) is 2.36. The van der Waals surface area contributed by atoms with Gasteiger partial charge in [-0.1, -0.05) is 0 Å². The van der Waals surface area contributed by atoms with Crippen molar-refractivity contribution in [2.24, 2.45) is 0 Å². The van der Waals surface area contributed by atoms with Crippen LogP contribution >= 0.6 is 0 Å². The third-order valence-corrected chi connectivity index (χ3v) is 2.45. The molecule has 1 saturated heterocycles. The molecule has 1 unspecified atom stereocenters. The monoisotopic (exact) mass is 227 g/mol. The van der Waals surface area contributed by atoms with E-state index < -0.39 is 17.6 Å². The van der Waals surface area contributed by atoms with Gasteiger partial charge >= 0.3 is 5.97 Å². The van der Waals surface area contributed by atoms with Crippen molar-refractivity contribution in [3.8, 4) is 5.75 Å². The molecule has 0 saturated carbocycles. The lowest BCUT2D eigenvalue weighted by Gasteiger charge is -2.09. The zero-order chi connectivity index (χ0) is 11.5. The third-order valence-electron chi connectivity index (χ3n) is 2.45. The van der Waals surface area contributed by atoms with Crippen LogP contribution in [0, 0.1) is 11.6 Å². The average molecular weight is 227 g/mol. The molecule has 5 heteroatoms. The van der Waals surface area contributed by atoms with Gasteiger partial charge in [-0.15, -0.1) is 0 Å². The number of benzene rings is 1. The molecular formula is C11H11F2NO2. The Hall–Kier alpha value is -1.49. The van der Waals surface area contributed by atoms with E-state index in [1.54, 1.807) is 0 Å². The molecule has 0 aromatic heterocycles. The van der Waals surface area contributed by atoms with Crippen LogP contribution in [0.25, 0.3) is 0 Å². The number of carbonyl (C=O) groups is 1. The van der Waals surface area contributed by atoms with E-state index >= 15 is 0 Å². The number of esters is 1.